The van der Waals surface area contributed by atoms with Gasteiger partial charge in [-0.25, -0.2) is 14.1 Å². The van der Waals surface area contributed by atoms with Crippen molar-refractivity contribution in [2.75, 3.05) is 12.0 Å². The number of urea groups is 1. The lowest BCUT2D eigenvalue weighted by molar-refractivity contribution is -0.122. The van der Waals surface area contributed by atoms with Crippen LogP contribution in [0, 0.1) is 12.7 Å². The number of barbiturate groups is 1. The first-order valence-electron chi connectivity index (χ1n) is 11.6. The van der Waals surface area contributed by atoms with Gasteiger partial charge in [0, 0.05) is 10.6 Å². The molecule has 3 aromatic carbocycles. The quantitative estimate of drug-likeness (QED) is 0.225. The molecule has 1 aliphatic heterocycles. The predicted octanol–water partition coefficient (Wildman–Crippen LogP) is 5.77. The molecule has 0 atom stereocenters. The molecule has 0 spiro atoms. The van der Waals surface area contributed by atoms with Gasteiger partial charge in [-0.2, -0.15) is 0 Å². The lowest BCUT2D eigenvalue weighted by Crippen LogP contribution is -2.54. The highest BCUT2D eigenvalue weighted by molar-refractivity contribution is 6.40. The number of halogens is 2. The summed E-state index contributed by atoms with van der Waals surface area (Å²) in [6.07, 6.45) is 3.43. The largest absolute Gasteiger partial charge is 0.493 e. The molecule has 1 fully saturated rings. The fourth-order valence-corrected chi connectivity index (χ4v) is 4.22. The van der Waals surface area contributed by atoms with Crippen LogP contribution in [0.15, 0.2) is 72.8 Å². The smallest absolute Gasteiger partial charge is 0.335 e. The number of benzene rings is 3. The number of imide groups is 2. The standard InChI is InChI=1S/C29H24ClFN2O5/c1-4-7-20-12-19(15-25(37-3)26(20)38-16-18-8-5-9-21(31)13-18)14-22-27(34)32-29(36)33(28(22)35)24-11-6-10-23(30)17(24)2/h4-6,8-15H,1,7,16H2,2-3H3,(H,32,34,36)/b22-14+. The van der Waals surface area contributed by atoms with Gasteiger partial charge < -0.3 is 9.47 Å². The van der Waals surface area contributed by atoms with Gasteiger partial charge in [0.15, 0.2) is 11.5 Å². The summed E-state index contributed by atoms with van der Waals surface area (Å²) in [6, 6.07) is 13.3. The number of nitrogens with zero attached hydrogens (tertiary/aromatic N) is 1. The summed E-state index contributed by atoms with van der Waals surface area (Å²) in [4.78, 5) is 39.5. The summed E-state index contributed by atoms with van der Waals surface area (Å²) in [6.45, 7) is 5.55. The third kappa shape index (κ3) is 5.45. The summed E-state index contributed by atoms with van der Waals surface area (Å²) in [5, 5.41) is 2.58. The van der Waals surface area contributed by atoms with Crippen LogP contribution in [-0.4, -0.2) is 25.0 Å². The molecular weight excluding hydrogens is 511 g/mol. The zero-order valence-corrected chi connectivity index (χ0v) is 21.5. The Morgan fingerprint density at radius 1 is 1.11 bits per heavy atom. The lowest BCUT2D eigenvalue weighted by atomic mass is 10.0. The zero-order chi connectivity index (χ0) is 27.4. The van der Waals surface area contributed by atoms with Crippen molar-refractivity contribution in [3.05, 3.63) is 106 Å². The highest BCUT2D eigenvalue weighted by Gasteiger charge is 2.37. The first-order chi connectivity index (χ1) is 18.2. The van der Waals surface area contributed by atoms with E-state index in [0.717, 1.165) is 4.90 Å². The van der Waals surface area contributed by atoms with E-state index in [1.54, 1.807) is 55.5 Å². The maximum absolute atomic E-state index is 13.6. The molecule has 0 bridgehead atoms. The fourth-order valence-electron chi connectivity index (χ4n) is 4.05. The predicted molar refractivity (Wildman–Crippen MR) is 143 cm³/mol. The molecule has 4 rings (SSSR count). The number of ether oxygens (including phenoxy) is 2. The number of allylic oxidation sites excluding steroid dienone is 1. The maximum atomic E-state index is 13.6. The number of hydrogen-bond acceptors (Lipinski definition) is 5. The summed E-state index contributed by atoms with van der Waals surface area (Å²) >= 11 is 6.19. The van der Waals surface area contributed by atoms with Gasteiger partial charge in [-0.3, -0.25) is 14.9 Å². The van der Waals surface area contributed by atoms with E-state index in [2.05, 4.69) is 11.9 Å². The molecule has 4 amide bonds. The maximum Gasteiger partial charge on any atom is 0.335 e. The Kier molecular flexibility index (Phi) is 7.93. The Bertz CT molecular complexity index is 1480. The van der Waals surface area contributed by atoms with Gasteiger partial charge in [0.2, 0.25) is 0 Å². The van der Waals surface area contributed by atoms with Gasteiger partial charge >= 0.3 is 6.03 Å². The molecule has 7 nitrogen and oxygen atoms in total. The molecule has 0 unspecified atom stereocenters. The lowest BCUT2D eigenvalue weighted by Gasteiger charge is -2.27. The SMILES string of the molecule is C=CCc1cc(/C=C2\C(=O)NC(=O)N(c3cccc(Cl)c3C)C2=O)cc(OC)c1OCc1cccc(F)c1. The highest BCUT2D eigenvalue weighted by Crippen LogP contribution is 2.36. The average molecular weight is 535 g/mol. The van der Waals surface area contributed by atoms with Crippen LogP contribution in [0.1, 0.15) is 22.3 Å². The van der Waals surface area contributed by atoms with Crippen molar-refractivity contribution >= 4 is 41.2 Å². The number of nitrogens with one attached hydrogen (secondary N) is 1. The number of carbonyl (C=O) groups is 3. The van der Waals surface area contributed by atoms with E-state index in [9.17, 15) is 18.8 Å². The topological polar surface area (TPSA) is 84.9 Å². The minimum absolute atomic E-state index is 0.0929. The minimum atomic E-state index is -0.867. The normalized spacial score (nSPS) is 14.5. The number of hydrogen-bond donors (Lipinski definition) is 1. The summed E-state index contributed by atoms with van der Waals surface area (Å²) in [5.74, 6) is -1.23. The Morgan fingerprint density at radius 3 is 2.58 bits per heavy atom. The number of anilines is 1. The Morgan fingerprint density at radius 2 is 1.87 bits per heavy atom. The Labute approximate surface area is 224 Å². The second kappa shape index (κ2) is 11.3. The first kappa shape index (κ1) is 26.6. The number of amides is 4. The van der Waals surface area contributed by atoms with E-state index in [1.165, 1.54) is 25.3 Å². The van der Waals surface area contributed by atoms with Crippen molar-refractivity contribution in [3.63, 3.8) is 0 Å². The van der Waals surface area contributed by atoms with E-state index in [1.807, 2.05) is 0 Å². The van der Waals surface area contributed by atoms with Gasteiger partial charge in [0.1, 0.15) is 18.0 Å². The van der Waals surface area contributed by atoms with Crippen LogP contribution in [0.4, 0.5) is 14.9 Å². The van der Waals surface area contributed by atoms with Crippen LogP contribution in [0.5, 0.6) is 11.5 Å². The molecule has 0 saturated carbocycles. The van der Waals surface area contributed by atoms with Crippen LogP contribution in [0.25, 0.3) is 6.08 Å². The zero-order valence-electron chi connectivity index (χ0n) is 20.7. The van der Waals surface area contributed by atoms with Crippen molar-refractivity contribution < 1.29 is 28.2 Å². The van der Waals surface area contributed by atoms with Crippen molar-refractivity contribution in [2.24, 2.45) is 0 Å². The van der Waals surface area contributed by atoms with Crippen molar-refractivity contribution in [3.8, 4) is 11.5 Å². The van der Waals surface area contributed by atoms with E-state index in [0.29, 0.717) is 45.2 Å². The van der Waals surface area contributed by atoms with Crippen LogP contribution < -0.4 is 19.7 Å². The third-order valence-corrected chi connectivity index (χ3v) is 6.31. The number of rotatable bonds is 8. The van der Waals surface area contributed by atoms with Gasteiger partial charge in [-0.05, 0) is 72.5 Å². The van der Waals surface area contributed by atoms with Crippen LogP contribution >= 0.6 is 11.6 Å². The van der Waals surface area contributed by atoms with Gasteiger partial charge in [-0.1, -0.05) is 35.9 Å². The van der Waals surface area contributed by atoms with E-state index >= 15 is 0 Å². The van der Waals surface area contributed by atoms with Crippen LogP contribution in [0.2, 0.25) is 5.02 Å². The minimum Gasteiger partial charge on any atom is -0.493 e. The molecular formula is C29H24ClFN2O5. The van der Waals surface area contributed by atoms with Crippen LogP contribution in [0.3, 0.4) is 0 Å². The van der Waals surface area contributed by atoms with Crippen LogP contribution in [-0.2, 0) is 22.6 Å². The molecule has 0 aliphatic carbocycles. The molecule has 38 heavy (non-hydrogen) atoms. The van der Waals surface area contributed by atoms with Crippen molar-refractivity contribution in [2.45, 2.75) is 20.0 Å². The highest BCUT2D eigenvalue weighted by atomic mass is 35.5. The molecule has 9 heteroatoms. The van der Waals surface area contributed by atoms with Gasteiger partial charge in [0.25, 0.3) is 11.8 Å². The third-order valence-electron chi connectivity index (χ3n) is 5.90. The molecule has 0 aromatic heterocycles. The summed E-state index contributed by atoms with van der Waals surface area (Å²) in [7, 11) is 1.46. The second-order valence-electron chi connectivity index (χ2n) is 8.46. The van der Waals surface area contributed by atoms with E-state index in [-0.39, 0.29) is 23.7 Å². The number of methoxy groups -OCH3 is 1. The average Bonchev–Trinajstić information content (AvgIpc) is 2.88. The Hall–Kier alpha value is -4.43. The number of carbonyl (C=O) groups excluding carboxylic acids is 3. The molecule has 3 aromatic rings. The monoisotopic (exact) mass is 534 g/mol. The Balaban J connectivity index is 1.72. The molecule has 1 saturated heterocycles. The summed E-state index contributed by atoms with van der Waals surface area (Å²) in [5.41, 5.74) is 2.31. The van der Waals surface area contributed by atoms with Crippen molar-refractivity contribution in [1.82, 2.24) is 5.32 Å². The molecule has 1 aliphatic rings. The van der Waals surface area contributed by atoms with Gasteiger partial charge in [0.05, 0.1) is 12.8 Å². The molecule has 1 heterocycles. The molecule has 1 N–H and O–H groups in total. The summed E-state index contributed by atoms with van der Waals surface area (Å²) < 4.78 is 25.1. The first-order valence-corrected chi connectivity index (χ1v) is 12.0. The fraction of sp³-hybridized carbons (Fsp3) is 0.138. The molecule has 0 radical (unpaired) electrons. The molecule has 194 valence electrons. The second-order valence-corrected chi connectivity index (χ2v) is 8.87. The van der Waals surface area contributed by atoms with E-state index in [4.69, 9.17) is 21.1 Å². The van der Waals surface area contributed by atoms with E-state index < -0.39 is 17.8 Å². The van der Waals surface area contributed by atoms with Crippen molar-refractivity contribution in [1.29, 1.82) is 0 Å². The van der Waals surface area contributed by atoms with Gasteiger partial charge in [-0.15, -0.1) is 6.58 Å².